The fraction of sp³-hybridized carbons (Fsp3) is 0.333. The molecule has 0 heterocycles. The van der Waals surface area contributed by atoms with Gasteiger partial charge in [-0.15, -0.1) is 0 Å². The Bertz CT molecular complexity index is 355. The molecule has 0 fully saturated rings. The summed E-state index contributed by atoms with van der Waals surface area (Å²) in [6.07, 6.45) is 0.377. The summed E-state index contributed by atoms with van der Waals surface area (Å²) in [6, 6.07) is 9.77. The predicted octanol–water partition coefficient (Wildman–Crippen LogP) is 1.93. The molecule has 1 rings (SSSR count). The highest BCUT2D eigenvalue weighted by Crippen LogP contribution is 2.05. The molecule has 1 aromatic carbocycles. The number of Topliss-reactive ketones (excluding diaryl/α,β-unsaturated/α-hetero) is 1. The molecule has 0 N–H and O–H groups in total. The van der Waals surface area contributed by atoms with Gasteiger partial charge in [0.15, 0.2) is 0 Å². The lowest BCUT2D eigenvalue weighted by Crippen LogP contribution is -2.13. The van der Waals surface area contributed by atoms with E-state index in [-0.39, 0.29) is 5.78 Å². The molecule has 1 aromatic rings. The minimum atomic E-state index is 0.124. The summed E-state index contributed by atoms with van der Waals surface area (Å²) in [4.78, 5) is 11.1. The van der Waals surface area contributed by atoms with E-state index in [2.05, 4.69) is 5.10 Å². The number of rotatable bonds is 4. The first-order valence-electron chi connectivity index (χ1n) is 4.89. The van der Waals surface area contributed by atoms with Gasteiger partial charge in [-0.1, -0.05) is 30.3 Å². The Morgan fingerprint density at radius 3 is 2.33 bits per heavy atom. The van der Waals surface area contributed by atoms with E-state index in [0.29, 0.717) is 6.42 Å². The maximum atomic E-state index is 11.1. The molecule has 0 spiro atoms. The average Bonchev–Trinajstić information content (AvgIpc) is 2.17. The SMILES string of the molecule is CC(=O)CC(=NN(C)C)c1ccccc1. The van der Waals surface area contributed by atoms with Gasteiger partial charge in [-0.3, -0.25) is 4.79 Å². The average molecular weight is 204 g/mol. The number of hydrogen-bond donors (Lipinski definition) is 0. The molecule has 0 saturated heterocycles. The molecule has 0 aliphatic rings. The molecular weight excluding hydrogens is 188 g/mol. The van der Waals surface area contributed by atoms with Gasteiger partial charge in [-0.25, -0.2) is 0 Å². The molecule has 0 aromatic heterocycles. The minimum Gasteiger partial charge on any atom is -0.303 e. The van der Waals surface area contributed by atoms with Gasteiger partial charge in [0, 0.05) is 14.1 Å². The first-order valence-corrected chi connectivity index (χ1v) is 4.89. The van der Waals surface area contributed by atoms with E-state index in [1.165, 1.54) is 0 Å². The van der Waals surface area contributed by atoms with E-state index in [0.717, 1.165) is 11.3 Å². The molecule has 0 unspecified atom stereocenters. The van der Waals surface area contributed by atoms with Crippen molar-refractivity contribution in [3.8, 4) is 0 Å². The summed E-state index contributed by atoms with van der Waals surface area (Å²) < 4.78 is 0. The van der Waals surface area contributed by atoms with E-state index < -0.39 is 0 Å². The molecule has 0 amide bonds. The highest BCUT2D eigenvalue weighted by atomic mass is 16.1. The van der Waals surface area contributed by atoms with Crippen LogP contribution in [0.2, 0.25) is 0 Å². The smallest absolute Gasteiger partial charge is 0.135 e. The van der Waals surface area contributed by atoms with Crippen molar-refractivity contribution in [3.63, 3.8) is 0 Å². The fourth-order valence-corrected chi connectivity index (χ4v) is 1.30. The van der Waals surface area contributed by atoms with Gasteiger partial charge < -0.3 is 5.01 Å². The summed E-state index contributed by atoms with van der Waals surface area (Å²) in [6.45, 7) is 1.58. The third-order valence-corrected chi connectivity index (χ3v) is 1.84. The monoisotopic (exact) mass is 204 g/mol. The second-order valence-electron chi connectivity index (χ2n) is 3.64. The van der Waals surface area contributed by atoms with Crippen LogP contribution in [-0.2, 0) is 4.79 Å². The summed E-state index contributed by atoms with van der Waals surface area (Å²) in [7, 11) is 3.70. The van der Waals surface area contributed by atoms with E-state index in [1.807, 2.05) is 44.4 Å². The van der Waals surface area contributed by atoms with Crippen molar-refractivity contribution >= 4 is 11.5 Å². The highest BCUT2D eigenvalue weighted by Gasteiger charge is 2.06. The van der Waals surface area contributed by atoms with Crippen molar-refractivity contribution in [3.05, 3.63) is 35.9 Å². The summed E-state index contributed by atoms with van der Waals surface area (Å²) in [5.74, 6) is 0.124. The molecule has 80 valence electrons. The number of carbonyl (C=O) groups is 1. The van der Waals surface area contributed by atoms with Crippen molar-refractivity contribution in [1.29, 1.82) is 0 Å². The Labute approximate surface area is 90.4 Å². The Hall–Kier alpha value is -1.64. The highest BCUT2D eigenvalue weighted by molar-refractivity contribution is 6.10. The quantitative estimate of drug-likeness (QED) is 0.554. The van der Waals surface area contributed by atoms with E-state index >= 15 is 0 Å². The van der Waals surface area contributed by atoms with Crippen LogP contribution in [-0.4, -0.2) is 30.6 Å². The second kappa shape index (κ2) is 5.29. The van der Waals surface area contributed by atoms with Crippen LogP contribution < -0.4 is 0 Å². The largest absolute Gasteiger partial charge is 0.303 e. The second-order valence-corrected chi connectivity index (χ2v) is 3.64. The minimum absolute atomic E-state index is 0.124. The number of hydrazone groups is 1. The molecular formula is C12H16N2O. The van der Waals surface area contributed by atoms with E-state index in [4.69, 9.17) is 0 Å². The van der Waals surface area contributed by atoms with Crippen LogP contribution in [0.5, 0.6) is 0 Å². The third-order valence-electron chi connectivity index (χ3n) is 1.84. The predicted molar refractivity (Wildman–Crippen MR) is 62.0 cm³/mol. The van der Waals surface area contributed by atoms with Crippen LogP contribution in [0.25, 0.3) is 0 Å². The first-order chi connectivity index (χ1) is 7.09. The molecule has 0 aliphatic heterocycles. The summed E-state index contributed by atoms with van der Waals surface area (Å²) in [5.41, 5.74) is 1.81. The van der Waals surface area contributed by atoms with Crippen molar-refractivity contribution < 1.29 is 4.79 Å². The molecule has 0 atom stereocenters. The van der Waals surface area contributed by atoms with Gasteiger partial charge in [-0.05, 0) is 12.5 Å². The molecule has 0 radical (unpaired) electrons. The zero-order valence-corrected chi connectivity index (χ0v) is 9.40. The van der Waals surface area contributed by atoms with Gasteiger partial charge in [0.1, 0.15) is 5.78 Å². The zero-order chi connectivity index (χ0) is 11.3. The van der Waals surface area contributed by atoms with Crippen LogP contribution in [0, 0.1) is 0 Å². The van der Waals surface area contributed by atoms with Gasteiger partial charge in [0.05, 0.1) is 12.1 Å². The lowest BCUT2D eigenvalue weighted by molar-refractivity contribution is -0.115. The molecule has 0 bridgehead atoms. The van der Waals surface area contributed by atoms with E-state index in [9.17, 15) is 4.79 Å². The van der Waals surface area contributed by atoms with Gasteiger partial charge in [0.25, 0.3) is 0 Å². The van der Waals surface area contributed by atoms with Crippen LogP contribution >= 0.6 is 0 Å². The van der Waals surface area contributed by atoms with Crippen LogP contribution in [0.15, 0.2) is 35.4 Å². The Kier molecular flexibility index (Phi) is 4.03. The fourth-order valence-electron chi connectivity index (χ4n) is 1.30. The molecule has 3 nitrogen and oxygen atoms in total. The van der Waals surface area contributed by atoms with Crippen molar-refractivity contribution in [1.82, 2.24) is 5.01 Å². The maximum Gasteiger partial charge on any atom is 0.135 e. The van der Waals surface area contributed by atoms with Crippen molar-refractivity contribution in [2.24, 2.45) is 5.10 Å². The van der Waals surface area contributed by atoms with Gasteiger partial charge in [-0.2, -0.15) is 5.10 Å². The number of hydrogen-bond acceptors (Lipinski definition) is 3. The van der Waals surface area contributed by atoms with Gasteiger partial charge in [0.2, 0.25) is 0 Å². The summed E-state index contributed by atoms with van der Waals surface area (Å²) >= 11 is 0. The van der Waals surface area contributed by atoms with Crippen molar-refractivity contribution in [2.75, 3.05) is 14.1 Å². The molecule has 0 saturated carbocycles. The number of ketones is 1. The zero-order valence-electron chi connectivity index (χ0n) is 9.40. The topological polar surface area (TPSA) is 32.7 Å². The Balaban J connectivity index is 2.96. The maximum absolute atomic E-state index is 11.1. The Morgan fingerprint density at radius 2 is 1.87 bits per heavy atom. The van der Waals surface area contributed by atoms with Crippen LogP contribution in [0.4, 0.5) is 0 Å². The molecule has 0 aliphatic carbocycles. The lowest BCUT2D eigenvalue weighted by atomic mass is 10.1. The standard InChI is InChI=1S/C12H16N2O/c1-10(15)9-12(13-14(2)3)11-7-5-4-6-8-11/h4-8H,9H2,1-3H3. The number of benzene rings is 1. The van der Waals surface area contributed by atoms with Gasteiger partial charge >= 0.3 is 0 Å². The normalized spacial score (nSPS) is 11.3. The molecule has 3 heteroatoms. The van der Waals surface area contributed by atoms with Crippen LogP contribution in [0.1, 0.15) is 18.9 Å². The molecule has 15 heavy (non-hydrogen) atoms. The van der Waals surface area contributed by atoms with Crippen molar-refractivity contribution in [2.45, 2.75) is 13.3 Å². The number of carbonyl (C=O) groups excluding carboxylic acids is 1. The van der Waals surface area contributed by atoms with E-state index in [1.54, 1.807) is 11.9 Å². The summed E-state index contributed by atoms with van der Waals surface area (Å²) in [5, 5.41) is 6.03. The first kappa shape index (κ1) is 11.4. The Morgan fingerprint density at radius 1 is 1.27 bits per heavy atom. The lowest BCUT2D eigenvalue weighted by Gasteiger charge is -2.09. The van der Waals surface area contributed by atoms with Crippen LogP contribution in [0.3, 0.4) is 0 Å². The third kappa shape index (κ3) is 3.94. The number of nitrogens with zero attached hydrogens (tertiary/aromatic N) is 2.